The number of morpholine rings is 1. The minimum Gasteiger partial charge on any atom is -0.375 e. The second kappa shape index (κ2) is 6.58. The number of pyridine rings is 1. The normalized spacial score (nSPS) is 18.5. The van der Waals surface area contributed by atoms with Crippen molar-refractivity contribution in [3.8, 4) is 11.3 Å². The van der Waals surface area contributed by atoms with Crippen LogP contribution in [-0.4, -0.2) is 41.6 Å². The Hall–Kier alpha value is -1.72. The van der Waals surface area contributed by atoms with Crippen LogP contribution < -0.4 is 0 Å². The molecule has 2 aromatic rings. The Labute approximate surface area is 134 Å². The van der Waals surface area contributed by atoms with Gasteiger partial charge in [-0.1, -0.05) is 6.92 Å². The van der Waals surface area contributed by atoms with Crippen molar-refractivity contribution in [2.45, 2.75) is 26.4 Å². The average molecular weight is 316 g/mol. The first-order valence-corrected chi connectivity index (χ1v) is 8.54. The number of hydrogen-bond donors (Lipinski definition) is 0. The Morgan fingerprint density at radius 2 is 2.32 bits per heavy atom. The molecule has 0 unspecified atom stereocenters. The number of aromatic nitrogens is 1. The van der Waals surface area contributed by atoms with Crippen LogP contribution >= 0.6 is 11.3 Å². The van der Waals surface area contributed by atoms with Gasteiger partial charge in [0.05, 0.1) is 29.7 Å². The van der Waals surface area contributed by atoms with Crippen LogP contribution in [0, 0.1) is 6.92 Å². The molecule has 0 N–H and O–H groups in total. The van der Waals surface area contributed by atoms with E-state index in [9.17, 15) is 4.79 Å². The molecule has 3 heterocycles. The van der Waals surface area contributed by atoms with Crippen LogP contribution in [0.5, 0.6) is 0 Å². The summed E-state index contributed by atoms with van der Waals surface area (Å²) in [5.74, 6) is 0.0589. The third kappa shape index (κ3) is 3.05. The average Bonchev–Trinajstić information content (AvgIpc) is 3.08. The molecule has 4 nitrogen and oxygen atoms in total. The van der Waals surface area contributed by atoms with Gasteiger partial charge >= 0.3 is 0 Å². The van der Waals surface area contributed by atoms with Crippen molar-refractivity contribution in [2.75, 3.05) is 19.7 Å². The largest absolute Gasteiger partial charge is 0.375 e. The second-order valence-corrected chi connectivity index (χ2v) is 6.27. The molecule has 0 aromatic carbocycles. The molecule has 0 aliphatic carbocycles. The van der Waals surface area contributed by atoms with E-state index >= 15 is 0 Å². The first kappa shape index (κ1) is 15.2. The molecule has 0 radical (unpaired) electrons. The van der Waals surface area contributed by atoms with E-state index in [4.69, 9.17) is 4.74 Å². The SMILES string of the molecule is CC[C@@H]1CN(C(=O)c2ccc(-c3ccsc3)nc2C)CCO1. The van der Waals surface area contributed by atoms with Crippen LogP contribution in [0.4, 0.5) is 0 Å². The predicted molar refractivity (Wildman–Crippen MR) is 88.2 cm³/mol. The smallest absolute Gasteiger partial charge is 0.255 e. The van der Waals surface area contributed by atoms with Crippen molar-refractivity contribution in [1.29, 1.82) is 0 Å². The monoisotopic (exact) mass is 316 g/mol. The summed E-state index contributed by atoms with van der Waals surface area (Å²) in [6, 6.07) is 5.87. The summed E-state index contributed by atoms with van der Waals surface area (Å²) < 4.78 is 5.63. The van der Waals surface area contributed by atoms with Crippen molar-refractivity contribution < 1.29 is 9.53 Å². The van der Waals surface area contributed by atoms with Gasteiger partial charge in [0.25, 0.3) is 5.91 Å². The molecule has 1 aliphatic rings. The first-order valence-electron chi connectivity index (χ1n) is 7.60. The molecular formula is C17H20N2O2S. The summed E-state index contributed by atoms with van der Waals surface area (Å²) in [5, 5.41) is 4.10. The maximum absolute atomic E-state index is 12.7. The van der Waals surface area contributed by atoms with Gasteiger partial charge in [-0.15, -0.1) is 0 Å². The van der Waals surface area contributed by atoms with E-state index in [1.807, 2.05) is 35.4 Å². The number of hydrogen-bond acceptors (Lipinski definition) is 4. The molecule has 1 amide bonds. The molecule has 0 spiro atoms. The van der Waals surface area contributed by atoms with Crippen molar-refractivity contribution in [3.05, 3.63) is 40.2 Å². The number of aryl methyl sites for hydroxylation is 1. The zero-order chi connectivity index (χ0) is 15.5. The molecule has 1 atom stereocenters. The maximum atomic E-state index is 12.7. The summed E-state index contributed by atoms with van der Waals surface area (Å²) >= 11 is 1.65. The molecule has 22 heavy (non-hydrogen) atoms. The molecule has 5 heteroatoms. The summed E-state index contributed by atoms with van der Waals surface area (Å²) in [7, 11) is 0. The quantitative estimate of drug-likeness (QED) is 0.872. The van der Waals surface area contributed by atoms with Crippen molar-refractivity contribution in [3.63, 3.8) is 0 Å². The van der Waals surface area contributed by atoms with Gasteiger partial charge in [-0.2, -0.15) is 11.3 Å². The van der Waals surface area contributed by atoms with Crippen LogP contribution in [0.2, 0.25) is 0 Å². The van der Waals surface area contributed by atoms with Crippen LogP contribution in [0.3, 0.4) is 0 Å². The summed E-state index contributed by atoms with van der Waals surface area (Å²) in [4.78, 5) is 19.2. The minimum absolute atomic E-state index is 0.0589. The van der Waals surface area contributed by atoms with Gasteiger partial charge in [-0.3, -0.25) is 9.78 Å². The number of thiophene rings is 1. The van der Waals surface area contributed by atoms with Gasteiger partial charge in [0.2, 0.25) is 0 Å². The summed E-state index contributed by atoms with van der Waals surface area (Å²) in [6.07, 6.45) is 1.08. The highest BCUT2D eigenvalue weighted by Gasteiger charge is 2.25. The van der Waals surface area contributed by atoms with Crippen molar-refractivity contribution in [1.82, 2.24) is 9.88 Å². The second-order valence-electron chi connectivity index (χ2n) is 5.49. The van der Waals surface area contributed by atoms with Crippen molar-refractivity contribution in [2.24, 2.45) is 0 Å². The molecule has 3 rings (SSSR count). The third-order valence-electron chi connectivity index (χ3n) is 4.01. The number of amides is 1. The van der Waals surface area contributed by atoms with Crippen molar-refractivity contribution >= 4 is 17.2 Å². The molecule has 2 aromatic heterocycles. The van der Waals surface area contributed by atoms with Gasteiger partial charge in [0.15, 0.2) is 0 Å². The maximum Gasteiger partial charge on any atom is 0.255 e. The number of carbonyl (C=O) groups is 1. The number of nitrogens with zero attached hydrogens (tertiary/aromatic N) is 2. The molecular weight excluding hydrogens is 296 g/mol. The fourth-order valence-corrected chi connectivity index (χ4v) is 3.33. The van der Waals surface area contributed by atoms with E-state index < -0.39 is 0 Å². The molecule has 1 saturated heterocycles. The highest BCUT2D eigenvalue weighted by Crippen LogP contribution is 2.22. The van der Waals surface area contributed by atoms with Crippen LogP contribution in [0.15, 0.2) is 29.0 Å². The predicted octanol–water partition coefficient (Wildman–Crippen LogP) is 3.37. The lowest BCUT2D eigenvalue weighted by Gasteiger charge is -2.32. The molecule has 0 bridgehead atoms. The highest BCUT2D eigenvalue weighted by atomic mass is 32.1. The van der Waals surface area contributed by atoms with Gasteiger partial charge in [-0.05, 0) is 36.9 Å². The zero-order valence-corrected chi connectivity index (χ0v) is 13.7. The van der Waals surface area contributed by atoms with E-state index in [-0.39, 0.29) is 12.0 Å². The molecule has 1 aliphatic heterocycles. The van der Waals surface area contributed by atoms with E-state index in [0.29, 0.717) is 25.3 Å². The van der Waals surface area contributed by atoms with Gasteiger partial charge in [-0.25, -0.2) is 0 Å². The van der Waals surface area contributed by atoms with Gasteiger partial charge in [0, 0.05) is 24.0 Å². The lowest BCUT2D eigenvalue weighted by Crippen LogP contribution is -2.45. The van der Waals surface area contributed by atoms with E-state index in [1.54, 1.807) is 11.3 Å². The summed E-state index contributed by atoms with van der Waals surface area (Å²) in [6.45, 7) is 5.92. The summed E-state index contributed by atoms with van der Waals surface area (Å²) in [5.41, 5.74) is 3.50. The topological polar surface area (TPSA) is 42.4 Å². The number of carbonyl (C=O) groups excluding carboxylic acids is 1. The Balaban J connectivity index is 1.81. The molecule has 0 saturated carbocycles. The molecule has 1 fully saturated rings. The zero-order valence-electron chi connectivity index (χ0n) is 12.9. The van der Waals surface area contributed by atoms with Gasteiger partial charge < -0.3 is 9.64 Å². The lowest BCUT2D eigenvalue weighted by atomic mass is 10.1. The fourth-order valence-electron chi connectivity index (χ4n) is 2.68. The Morgan fingerprint density at radius 1 is 1.45 bits per heavy atom. The third-order valence-corrected chi connectivity index (χ3v) is 4.70. The standard InChI is InChI=1S/C17H20N2O2S/c1-3-14-10-19(7-8-21-14)17(20)15-4-5-16(18-12(15)2)13-6-9-22-11-13/h4-6,9,11,14H,3,7-8,10H2,1-2H3/t14-/m1/s1. The molecule has 116 valence electrons. The number of rotatable bonds is 3. The van der Waals surface area contributed by atoms with Crippen LogP contribution in [0.25, 0.3) is 11.3 Å². The minimum atomic E-state index is 0.0589. The van der Waals surface area contributed by atoms with Crippen LogP contribution in [0.1, 0.15) is 29.4 Å². The Kier molecular flexibility index (Phi) is 4.55. The fraction of sp³-hybridized carbons (Fsp3) is 0.412. The van der Waals surface area contributed by atoms with E-state index in [0.717, 1.165) is 23.4 Å². The Bertz CT molecular complexity index is 655. The van der Waals surface area contributed by atoms with E-state index in [1.165, 1.54) is 0 Å². The number of ether oxygens (including phenoxy) is 1. The van der Waals surface area contributed by atoms with E-state index in [2.05, 4.69) is 17.3 Å². The van der Waals surface area contributed by atoms with Gasteiger partial charge in [0.1, 0.15) is 0 Å². The lowest BCUT2D eigenvalue weighted by molar-refractivity contribution is -0.0226. The van der Waals surface area contributed by atoms with Crippen LogP contribution in [-0.2, 0) is 4.74 Å². The highest BCUT2D eigenvalue weighted by molar-refractivity contribution is 7.08. The Morgan fingerprint density at radius 3 is 3.00 bits per heavy atom. The first-order chi connectivity index (χ1) is 10.7.